The first kappa shape index (κ1) is 13.0. The lowest BCUT2D eigenvalue weighted by atomic mass is 9.69. The third-order valence-electron chi connectivity index (χ3n) is 4.48. The molecule has 2 saturated carbocycles. The zero-order chi connectivity index (χ0) is 12.2. The van der Waals surface area contributed by atoms with E-state index >= 15 is 0 Å². The first-order chi connectivity index (χ1) is 7.27. The van der Waals surface area contributed by atoms with Gasteiger partial charge >= 0.3 is 0 Å². The maximum atomic E-state index is 10.2. The molecule has 0 aliphatic heterocycles. The Morgan fingerprint density at radius 3 is 2.50 bits per heavy atom. The molecule has 0 aromatic rings. The largest absolute Gasteiger partial charge is 0.393 e. The van der Waals surface area contributed by atoms with Crippen LogP contribution >= 0.6 is 23.2 Å². The van der Waals surface area contributed by atoms with Gasteiger partial charge in [-0.2, -0.15) is 0 Å². The van der Waals surface area contributed by atoms with E-state index in [1.807, 2.05) is 0 Å². The van der Waals surface area contributed by atoms with E-state index < -0.39 is 4.33 Å². The van der Waals surface area contributed by atoms with Gasteiger partial charge in [0.15, 0.2) is 0 Å². The van der Waals surface area contributed by atoms with Crippen molar-refractivity contribution in [1.29, 1.82) is 0 Å². The van der Waals surface area contributed by atoms with Gasteiger partial charge in [-0.05, 0) is 24.7 Å². The van der Waals surface area contributed by atoms with E-state index in [9.17, 15) is 5.11 Å². The SMILES string of the molecule is CCCC[C@]12CC(C)(C)C[C@@H](O)[C@H]1C2(Cl)Cl. The number of fused-ring (bicyclic) bond motifs is 1. The van der Waals surface area contributed by atoms with E-state index in [1.165, 1.54) is 0 Å². The van der Waals surface area contributed by atoms with E-state index in [0.717, 1.165) is 32.1 Å². The Morgan fingerprint density at radius 1 is 1.31 bits per heavy atom. The third-order valence-corrected chi connectivity index (χ3v) is 5.71. The summed E-state index contributed by atoms with van der Waals surface area (Å²) in [6.45, 7) is 6.60. The molecule has 3 heteroatoms. The lowest BCUT2D eigenvalue weighted by Crippen LogP contribution is -2.33. The molecular weight excluding hydrogens is 243 g/mol. The number of aliphatic hydroxyl groups is 1. The van der Waals surface area contributed by atoms with Gasteiger partial charge in [0.25, 0.3) is 0 Å². The molecule has 0 heterocycles. The molecule has 0 amide bonds. The van der Waals surface area contributed by atoms with Gasteiger partial charge in [-0.1, -0.05) is 33.6 Å². The van der Waals surface area contributed by atoms with Gasteiger partial charge in [-0.3, -0.25) is 0 Å². The molecule has 0 saturated heterocycles. The van der Waals surface area contributed by atoms with Gasteiger partial charge in [-0.25, -0.2) is 0 Å². The summed E-state index contributed by atoms with van der Waals surface area (Å²) < 4.78 is -0.685. The maximum Gasteiger partial charge on any atom is 0.130 e. The summed E-state index contributed by atoms with van der Waals surface area (Å²) in [5, 5.41) is 10.2. The van der Waals surface area contributed by atoms with Gasteiger partial charge in [0.05, 0.1) is 6.10 Å². The molecule has 3 atom stereocenters. The summed E-state index contributed by atoms with van der Waals surface area (Å²) in [5.74, 6) is 0.0999. The van der Waals surface area contributed by atoms with Crippen LogP contribution < -0.4 is 0 Å². The molecule has 2 aliphatic rings. The molecule has 2 fully saturated rings. The molecule has 0 bridgehead atoms. The van der Waals surface area contributed by atoms with Gasteiger partial charge < -0.3 is 5.11 Å². The predicted octanol–water partition coefficient (Wildman–Crippen LogP) is 4.15. The van der Waals surface area contributed by atoms with Crippen LogP contribution in [0.1, 0.15) is 52.9 Å². The fourth-order valence-corrected chi connectivity index (χ4v) is 5.05. The smallest absolute Gasteiger partial charge is 0.130 e. The lowest BCUT2D eigenvalue weighted by molar-refractivity contribution is 0.0251. The Balaban J connectivity index is 2.21. The van der Waals surface area contributed by atoms with Crippen LogP contribution in [0.25, 0.3) is 0 Å². The maximum absolute atomic E-state index is 10.2. The summed E-state index contributed by atoms with van der Waals surface area (Å²) >= 11 is 12.9. The molecule has 1 nitrogen and oxygen atoms in total. The minimum Gasteiger partial charge on any atom is -0.393 e. The van der Waals surface area contributed by atoms with Gasteiger partial charge in [0.1, 0.15) is 4.33 Å². The van der Waals surface area contributed by atoms with E-state index in [1.54, 1.807) is 0 Å². The van der Waals surface area contributed by atoms with Crippen molar-refractivity contribution in [3.05, 3.63) is 0 Å². The zero-order valence-electron chi connectivity index (χ0n) is 10.4. The number of rotatable bonds is 3. The van der Waals surface area contributed by atoms with Crippen molar-refractivity contribution < 1.29 is 5.11 Å². The first-order valence-electron chi connectivity index (χ1n) is 6.33. The molecule has 16 heavy (non-hydrogen) atoms. The minimum atomic E-state index is -0.685. The average molecular weight is 265 g/mol. The fourth-order valence-electron chi connectivity index (χ4n) is 3.89. The van der Waals surface area contributed by atoms with Gasteiger partial charge in [-0.15, -0.1) is 23.2 Å². The normalized spacial score (nSPS) is 43.9. The topological polar surface area (TPSA) is 20.2 Å². The monoisotopic (exact) mass is 264 g/mol. The van der Waals surface area contributed by atoms with E-state index in [4.69, 9.17) is 23.2 Å². The second-order valence-electron chi connectivity index (χ2n) is 6.47. The molecule has 2 aliphatic carbocycles. The number of hydrogen-bond donors (Lipinski definition) is 1. The van der Waals surface area contributed by atoms with Crippen LogP contribution in [0.2, 0.25) is 0 Å². The second kappa shape index (κ2) is 3.76. The van der Waals surface area contributed by atoms with Crippen molar-refractivity contribution in [3.8, 4) is 0 Å². The standard InChI is InChI=1S/C13H22Cl2O/c1-4-5-6-12-8-11(2,3)7-9(16)10(12)13(12,14)15/h9-10,16H,4-8H2,1-3H3/t9-,10-,12+/m1/s1. The van der Waals surface area contributed by atoms with Crippen molar-refractivity contribution in [1.82, 2.24) is 0 Å². The Kier molecular flexibility index (Phi) is 3.06. The van der Waals surface area contributed by atoms with Gasteiger partial charge in [0.2, 0.25) is 0 Å². The Hall–Kier alpha value is 0.540. The third kappa shape index (κ3) is 1.71. The summed E-state index contributed by atoms with van der Waals surface area (Å²) in [7, 11) is 0. The average Bonchev–Trinajstić information content (AvgIpc) is 2.57. The molecule has 0 radical (unpaired) electrons. The molecule has 0 aromatic carbocycles. The molecule has 1 N–H and O–H groups in total. The Bertz CT molecular complexity index is 288. The van der Waals surface area contributed by atoms with Crippen LogP contribution in [0, 0.1) is 16.7 Å². The van der Waals surface area contributed by atoms with E-state index in [0.29, 0.717) is 0 Å². The van der Waals surface area contributed by atoms with Gasteiger partial charge in [0, 0.05) is 11.3 Å². The highest BCUT2D eigenvalue weighted by molar-refractivity contribution is 6.52. The number of hydrogen-bond acceptors (Lipinski definition) is 1. The number of halogens is 2. The molecule has 0 unspecified atom stereocenters. The predicted molar refractivity (Wildman–Crippen MR) is 68.9 cm³/mol. The zero-order valence-corrected chi connectivity index (χ0v) is 11.9. The highest BCUT2D eigenvalue weighted by Crippen LogP contribution is 2.78. The Morgan fingerprint density at radius 2 is 1.94 bits per heavy atom. The molecule has 2 rings (SSSR count). The molecule has 94 valence electrons. The second-order valence-corrected chi connectivity index (χ2v) is 7.86. The van der Waals surface area contributed by atoms with Crippen LogP contribution in [0.15, 0.2) is 0 Å². The van der Waals surface area contributed by atoms with Crippen molar-refractivity contribution in [3.63, 3.8) is 0 Å². The van der Waals surface area contributed by atoms with Crippen LogP contribution in [0.3, 0.4) is 0 Å². The highest BCUT2D eigenvalue weighted by Gasteiger charge is 2.79. The summed E-state index contributed by atoms with van der Waals surface area (Å²) in [6, 6.07) is 0. The summed E-state index contributed by atoms with van der Waals surface area (Å²) in [5.41, 5.74) is 0.141. The van der Waals surface area contributed by atoms with Crippen LogP contribution in [0.4, 0.5) is 0 Å². The number of alkyl halides is 2. The minimum absolute atomic E-state index is 0.0205. The Labute approximate surface area is 109 Å². The molecule has 0 spiro atoms. The lowest BCUT2D eigenvalue weighted by Gasteiger charge is -2.37. The van der Waals surface area contributed by atoms with Crippen molar-refractivity contribution in [2.75, 3.05) is 0 Å². The van der Waals surface area contributed by atoms with Crippen molar-refractivity contribution >= 4 is 23.2 Å². The summed E-state index contributed by atoms with van der Waals surface area (Å²) in [4.78, 5) is 0. The summed E-state index contributed by atoms with van der Waals surface area (Å²) in [6.07, 6.45) is 4.92. The van der Waals surface area contributed by atoms with Crippen LogP contribution in [0.5, 0.6) is 0 Å². The first-order valence-corrected chi connectivity index (χ1v) is 7.08. The van der Waals surface area contributed by atoms with Crippen molar-refractivity contribution in [2.45, 2.75) is 63.3 Å². The van der Waals surface area contributed by atoms with Crippen LogP contribution in [-0.2, 0) is 0 Å². The van der Waals surface area contributed by atoms with Crippen molar-refractivity contribution in [2.24, 2.45) is 16.7 Å². The quantitative estimate of drug-likeness (QED) is 0.760. The van der Waals surface area contributed by atoms with Crippen LogP contribution in [-0.4, -0.2) is 15.5 Å². The highest BCUT2D eigenvalue weighted by atomic mass is 35.5. The number of unbranched alkanes of at least 4 members (excludes halogenated alkanes) is 1. The fraction of sp³-hybridized carbons (Fsp3) is 1.00. The van der Waals surface area contributed by atoms with E-state index in [2.05, 4.69) is 20.8 Å². The molecular formula is C13H22Cl2O. The van der Waals surface area contributed by atoms with E-state index in [-0.39, 0.29) is 22.9 Å². The molecule has 0 aromatic heterocycles. The number of aliphatic hydroxyl groups excluding tert-OH is 1.